The van der Waals surface area contributed by atoms with Crippen LogP contribution in [-0.4, -0.2) is 17.9 Å². The van der Waals surface area contributed by atoms with Crippen LogP contribution in [0, 0.1) is 18.3 Å². The van der Waals surface area contributed by atoms with Crippen molar-refractivity contribution in [1.29, 1.82) is 5.26 Å². The molecule has 2 rings (SSSR count). The first-order chi connectivity index (χ1) is 9.13. The van der Waals surface area contributed by atoms with Gasteiger partial charge in [0.2, 0.25) is 0 Å². The number of anilines is 2. The van der Waals surface area contributed by atoms with Crippen LogP contribution >= 0.6 is 11.3 Å². The monoisotopic (exact) mass is 272 g/mol. The zero-order valence-corrected chi connectivity index (χ0v) is 11.3. The summed E-state index contributed by atoms with van der Waals surface area (Å²) in [5.74, 6) is -0.216. The van der Waals surface area contributed by atoms with Gasteiger partial charge in [0.15, 0.2) is 5.13 Å². The molecule has 0 bridgehead atoms. The van der Waals surface area contributed by atoms with Crippen LogP contribution in [0.5, 0.6) is 0 Å². The van der Waals surface area contributed by atoms with Crippen LogP contribution in [0.1, 0.15) is 20.9 Å². The largest absolute Gasteiger partial charge is 0.365 e. The summed E-state index contributed by atoms with van der Waals surface area (Å²) in [4.78, 5) is 16.9. The Hall–Kier alpha value is -2.39. The Bertz CT molecular complexity index is 657. The number of aryl methyl sites for hydroxylation is 1. The summed E-state index contributed by atoms with van der Waals surface area (Å²) >= 11 is 1.30. The number of rotatable bonds is 3. The Morgan fingerprint density at radius 3 is 2.89 bits per heavy atom. The number of hydrogen-bond acceptors (Lipinski definition) is 5. The van der Waals surface area contributed by atoms with E-state index in [1.165, 1.54) is 11.3 Å². The Morgan fingerprint density at radius 1 is 1.47 bits per heavy atom. The first-order valence-corrected chi connectivity index (χ1v) is 6.42. The number of thiazole rings is 1. The number of aromatic nitrogens is 1. The van der Waals surface area contributed by atoms with E-state index in [1.54, 1.807) is 38.2 Å². The zero-order chi connectivity index (χ0) is 13.8. The van der Waals surface area contributed by atoms with Crippen LogP contribution in [0.4, 0.5) is 10.8 Å². The maximum Gasteiger partial charge on any atom is 0.267 e. The molecule has 2 aromatic rings. The van der Waals surface area contributed by atoms with Crippen molar-refractivity contribution in [2.24, 2.45) is 0 Å². The second kappa shape index (κ2) is 5.50. The summed E-state index contributed by atoms with van der Waals surface area (Å²) in [5.41, 5.74) is 1.79. The number of nitrogens with one attached hydrogen (secondary N) is 2. The normalized spacial score (nSPS) is 9.74. The second-order valence-electron chi connectivity index (χ2n) is 3.83. The zero-order valence-electron chi connectivity index (χ0n) is 10.5. The number of nitrogens with zero attached hydrogens (tertiary/aromatic N) is 2. The van der Waals surface area contributed by atoms with E-state index in [1.807, 2.05) is 6.07 Å². The third-order valence-electron chi connectivity index (χ3n) is 2.47. The summed E-state index contributed by atoms with van der Waals surface area (Å²) in [5, 5.41) is 15.2. The maximum absolute atomic E-state index is 12.1. The minimum Gasteiger partial charge on any atom is -0.365 e. The predicted octanol–water partition coefficient (Wildman–Crippen LogP) is 2.62. The molecule has 1 aromatic carbocycles. The first-order valence-electron chi connectivity index (χ1n) is 5.60. The van der Waals surface area contributed by atoms with Crippen molar-refractivity contribution in [3.8, 4) is 6.07 Å². The van der Waals surface area contributed by atoms with Gasteiger partial charge in [-0.05, 0) is 25.1 Å². The van der Waals surface area contributed by atoms with Gasteiger partial charge in [-0.25, -0.2) is 4.98 Å². The van der Waals surface area contributed by atoms with Gasteiger partial charge in [0, 0.05) is 12.7 Å². The standard InChI is InChI=1S/C13H12N4OS/c1-8-11(19-13(15-2)16-8)12(18)17-10-5-3-4-9(6-10)7-14/h3-6H,1-2H3,(H,15,16)(H,17,18). The molecule has 0 radical (unpaired) electrons. The number of amides is 1. The highest BCUT2D eigenvalue weighted by Gasteiger charge is 2.15. The van der Waals surface area contributed by atoms with Crippen molar-refractivity contribution in [2.45, 2.75) is 6.92 Å². The highest BCUT2D eigenvalue weighted by molar-refractivity contribution is 7.17. The Kier molecular flexibility index (Phi) is 3.78. The molecule has 19 heavy (non-hydrogen) atoms. The van der Waals surface area contributed by atoms with Crippen molar-refractivity contribution in [3.05, 3.63) is 40.4 Å². The molecule has 0 saturated heterocycles. The average Bonchev–Trinajstić information content (AvgIpc) is 2.80. The quantitative estimate of drug-likeness (QED) is 0.900. The van der Waals surface area contributed by atoms with E-state index in [2.05, 4.69) is 15.6 Å². The van der Waals surface area contributed by atoms with E-state index in [0.717, 1.165) is 0 Å². The molecule has 0 spiro atoms. The summed E-state index contributed by atoms with van der Waals surface area (Å²) in [6, 6.07) is 8.83. The molecular formula is C13H12N4OS. The third-order valence-corrected chi connectivity index (χ3v) is 3.64. The fourth-order valence-corrected chi connectivity index (χ4v) is 2.38. The lowest BCUT2D eigenvalue weighted by Crippen LogP contribution is -2.11. The van der Waals surface area contributed by atoms with E-state index in [4.69, 9.17) is 5.26 Å². The van der Waals surface area contributed by atoms with Gasteiger partial charge in [-0.2, -0.15) is 5.26 Å². The molecule has 0 atom stereocenters. The van der Waals surface area contributed by atoms with Crippen LogP contribution in [0.15, 0.2) is 24.3 Å². The molecule has 0 aliphatic rings. The van der Waals surface area contributed by atoms with Crippen molar-refractivity contribution in [1.82, 2.24) is 4.98 Å². The molecule has 0 fully saturated rings. The number of benzene rings is 1. The summed E-state index contributed by atoms with van der Waals surface area (Å²) in [6.07, 6.45) is 0. The number of hydrogen-bond donors (Lipinski definition) is 2. The lowest BCUT2D eigenvalue weighted by molar-refractivity contribution is 0.103. The molecule has 0 saturated carbocycles. The fraction of sp³-hybridized carbons (Fsp3) is 0.154. The minimum absolute atomic E-state index is 0.216. The number of carbonyl (C=O) groups excluding carboxylic acids is 1. The van der Waals surface area contributed by atoms with E-state index in [0.29, 0.717) is 27.0 Å². The molecule has 6 heteroatoms. The Labute approximate surface area is 114 Å². The molecule has 5 nitrogen and oxygen atoms in total. The average molecular weight is 272 g/mol. The third kappa shape index (κ3) is 2.89. The van der Waals surface area contributed by atoms with Gasteiger partial charge in [0.25, 0.3) is 5.91 Å². The molecule has 0 aliphatic heterocycles. The van der Waals surface area contributed by atoms with E-state index >= 15 is 0 Å². The molecule has 1 heterocycles. The van der Waals surface area contributed by atoms with Gasteiger partial charge >= 0.3 is 0 Å². The van der Waals surface area contributed by atoms with Crippen LogP contribution < -0.4 is 10.6 Å². The molecule has 1 amide bonds. The molecule has 96 valence electrons. The topological polar surface area (TPSA) is 77.8 Å². The van der Waals surface area contributed by atoms with Crippen LogP contribution in [0.2, 0.25) is 0 Å². The van der Waals surface area contributed by atoms with E-state index in [9.17, 15) is 4.79 Å². The van der Waals surface area contributed by atoms with Crippen LogP contribution in [0.3, 0.4) is 0 Å². The molecule has 0 unspecified atom stereocenters. The molecular weight excluding hydrogens is 260 g/mol. The second-order valence-corrected chi connectivity index (χ2v) is 4.83. The lowest BCUT2D eigenvalue weighted by Gasteiger charge is -2.03. The number of nitriles is 1. The van der Waals surface area contributed by atoms with Gasteiger partial charge in [-0.3, -0.25) is 4.79 Å². The summed E-state index contributed by atoms with van der Waals surface area (Å²) in [7, 11) is 1.76. The summed E-state index contributed by atoms with van der Waals surface area (Å²) in [6.45, 7) is 1.79. The van der Waals surface area contributed by atoms with E-state index < -0.39 is 0 Å². The molecule has 0 aliphatic carbocycles. The maximum atomic E-state index is 12.1. The van der Waals surface area contributed by atoms with Crippen molar-refractivity contribution in [3.63, 3.8) is 0 Å². The summed E-state index contributed by atoms with van der Waals surface area (Å²) < 4.78 is 0. The fourth-order valence-electron chi connectivity index (χ4n) is 1.57. The van der Waals surface area contributed by atoms with E-state index in [-0.39, 0.29) is 5.91 Å². The van der Waals surface area contributed by atoms with Crippen LogP contribution in [0.25, 0.3) is 0 Å². The lowest BCUT2D eigenvalue weighted by atomic mass is 10.2. The highest BCUT2D eigenvalue weighted by Crippen LogP contribution is 2.23. The first kappa shape index (κ1) is 13.1. The van der Waals surface area contributed by atoms with Gasteiger partial charge < -0.3 is 10.6 Å². The van der Waals surface area contributed by atoms with Gasteiger partial charge in [0.1, 0.15) is 4.88 Å². The van der Waals surface area contributed by atoms with Gasteiger partial charge in [0.05, 0.1) is 17.3 Å². The van der Waals surface area contributed by atoms with Gasteiger partial charge in [-0.1, -0.05) is 17.4 Å². The van der Waals surface area contributed by atoms with Crippen molar-refractivity contribution >= 4 is 28.1 Å². The van der Waals surface area contributed by atoms with Crippen molar-refractivity contribution < 1.29 is 4.79 Å². The number of carbonyl (C=O) groups is 1. The predicted molar refractivity (Wildman–Crippen MR) is 75.5 cm³/mol. The smallest absolute Gasteiger partial charge is 0.267 e. The van der Waals surface area contributed by atoms with Gasteiger partial charge in [-0.15, -0.1) is 0 Å². The van der Waals surface area contributed by atoms with Crippen LogP contribution in [-0.2, 0) is 0 Å². The molecule has 1 aromatic heterocycles. The molecule has 2 N–H and O–H groups in total. The SMILES string of the molecule is CNc1nc(C)c(C(=O)Nc2cccc(C#N)c2)s1. The Balaban J connectivity index is 2.20. The van der Waals surface area contributed by atoms with Crippen molar-refractivity contribution in [2.75, 3.05) is 17.7 Å². The Morgan fingerprint density at radius 2 is 2.26 bits per heavy atom. The highest BCUT2D eigenvalue weighted by atomic mass is 32.1. The minimum atomic E-state index is -0.216.